The average Bonchev–Trinajstić information content (AvgIpc) is 2.62. The van der Waals surface area contributed by atoms with Gasteiger partial charge >= 0.3 is 5.97 Å². The van der Waals surface area contributed by atoms with E-state index < -0.39 is 5.97 Å². The number of amides is 1. The van der Waals surface area contributed by atoms with Gasteiger partial charge < -0.3 is 10.0 Å². The SMILES string of the molecule is CC.Cc1ccc(-c2cc(C(=O)O)cc(C(=O)N(C)CC(C)C)c2)cc1. The molecule has 0 aliphatic carbocycles. The van der Waals surface area contributed by atoms with Gasteiger partial charge in [-0.1, -0.05) is 57.5 Å². The van der Waals surface area contributed by atoms with E-state index in [1.165, 1.54) is 6.07 Å². The second-order valence-electron chi connectivity index (χ2n) is 6.55. The summed E-state index contributed by atoms with van der Waals surface area (Å²) in [6.07, 6.45) is 0. The summed E-state index contributed by atoms with van der Waals surface area (Å²) in [5.74, 6) is -0.858. The van der Waals surface area contributed by atoms with Gasteiger partial charge in [-0.25, -0.2) is 4.79 Å². The molecule has 0 aliphatic heterocycles. The highest BCUT2D eigenvalue weighted by Gasteiger charge is 2.17. The Balaban J connectivity index is 0.00000163. The van der Waals surface area contributed by atoms with Crippen LogP contribution in [0, 0.1) is 12.8 Å². The van der Waals surface area contributed by atoms with Crippen LogP contribution in [0.3, 0.4) is 0 Å². The molecular weight excluding hydrogens is 326 g/mol. The third-order valence-corrected chi connectivity index (χ3v) is 3.80. The largest absolute Gasteiger partial charge is 0.478 e. The smallest absolute Gasteiger partial charge is 0.335 e. The summed E-state index contributed by atoms with van der Waals surface area (Å²) in [5, 5.41) is 9.37. The zero-order chi connectivity index (χ0) is 19.9. The number of rotatable bonds is 5. The van der Waals surface area contributed by atoms with Crippen molar-refractivity contribution < 1.29 is 14.7 Å². The molecule has 0 heterocycles. The molecule has 0 atom stereocenters. The molecule has 2 rings (SSSR count). The molecule has 4 heteroatoms. The first kappa shape index (κ1) is 21.4. The van der Waals surface area contributed by atoms with Gasteiger partial charge in [0.2, 0.25) is 0 Å². The first-order valence-electron chi connectivity index (χ1n) is 8.99. The first-order valence-corrected chi connectivity index (χ1v) is 8.99. The molecule has 0 fully saturated rings. The van der Waals surface area contributed by atoms with Crippen molar-refractivity contribution in [1.82, 2.24) is 4.90 Å². The van der Waals surface area contributed by atoms with Crippen LogP contribution in [0.1, 0.15) is 54.0 Å². The van der Waals surface area contributed by atoms with Crippen LogP contribution >= 0.6 is 0 Å². The summed E-state index contributed by atoms with van der Waals surface area (Å²) >= 11 is 0. The number of hydrogen-bond acceptors (Lipinski definition) is 2. The fourth-order valence-electron chi connectivity index (χ4n) is 2.64. The topological polar surface area (TPSA) is 57.6 Å². The molecule has 0 saturated heterocycles. The quantitative estimate of drug-likeness (QED) is 0.810. The van der Waals surface area contributed by atoms with Gasteiger partial charge in [-0.3, -0.25) is 4.79 Å². The Hall–Kier alpha value is -2.62. The minimum Gasteiger partial charge on any atom is -0.478 e. The molecule has 0 bridgehead atoms. The number of nitrogens with zero attached hydrogens (tertiary/aromatic N) is 1. The van der Waals surface area contributed by atoms with E-state index in [0.29, 0.717) is 18.0 Å². The van der Waals surface area contributed by atoms with Crippen LogP contribution in [-0.4, -0.2) is 35.5 Å². The van der Waals surface area contributed by atoms with Crippen molar-refractivity contribution in [3.63, 3.8) is 0 Å². The van der Waals surface area contributed by atoms with Crippen molar-refractivity contribution in [2.45, 2.75) is 34.6 Å². The molecular formula is C22H29NO3. The van der Waals surface area contributed by atoms with Crippen molar-refractivity contribution in [2.24, 2.45) is 5.92 Å². The highest BCUT2D eigenvalue weighted by molar-refractivity contribution is 5.99. The van der Waals surface area contributed by atoms with E-state index in [1.807, 2.05) is 58.9 Å². The second kappa shape index (κ2) is 9.76. The highest BCUT2D eigenvalue weighted by Crippen LogP contribution is 2.24. The Morgan fingerprint density at radius 2 is 1.50 bits per heavy atom. The normalized spacial score (nSPS) is 10.1. The fourth-order valence-corrected chi connectivity index (χ4v) is 2.64. The van der Waals surface area contributed by atoms with Crippen LogP contribution in [0.25, 0.3) is 11.1 Å². The molecule has 0 spiro atoms. The molecule has 0 saturated carbocycles. The number of carbonyl (C=O) groups excluding carboxylic acids is 1. The number of aryl methyl sites for hydroxylation is 1. The number of aromatic carboxylic acids is 1. The standard InChI is InChI=1S/C20H23NO3.C2H6/c1-13(2)12-21(4)19(22)17-9-16(10-18(11-17)20(23)24)15-7-5-14(3)6-8-15;1-2/h5-11,13H,12H2,1-4H3,(H,23,24);1-2H3. The monoisotopic (exact) mass is 355 g/mol. The third-order valence-electron chi connectivity index (χ3n) is 3.80. The zero-order valence-electron chi connectivity index (χ0n) is 16.5. The van der Waals surface area contributed by atoms with E-state index in [9.17, 15) is 14.7 Å². The van der Waals surface area contributed by atoms with E-state index in [2.05, 4.69) is 0 Å². The Bertz CT molecular complexity index is 748. The maximum absolute atomic E-state index is 12.6. The van der Waals surface area contributed by atoms with E-state index in [0.717, 1.165) is 16.7 Å². The van der Waals surface area contributed by atoms with Gasteiger partial charge in [-0.15, -0.1) is 0 Å². The van der Waals surface area contributed by atoms with Crippen molar-refractivity contribution in [3.8, 4) is 11.1 Å². The van der Waals surface area contributed by atoms with Gasteiger partial charge in [-0.2, -0.15) is 0 Å². The lowest BCUT2D eigenvalue weighted by atomic mass is 9.98. The number of hydrogen-bond donors (Lipinski definition) is 1. The number of carbonyl (C=O) groups is 2. The molecule has 1 N–H and O–H groups in total. The van der Waals surface area contributed by atoms with Crippen LogP contribution in [0.4, 0.5) is 0 Å². The maximum Gasteiger partial charge on any atom is 0.335 e. The van der Waals surface area contributed by atoms with E-state index in [1.54, 1.807) is 24.1 Å². The lowest BCUT2D eigenvalue weighted by Crippen LogP contribution is -2.30. The van der Waals surface area contributed by atoms with E-state index in [-0.39, 0.29) is 11.5 Å². The van der Waals surface area contributed by atoms with Crippen LogP contribution in [0.15, 0.2) is 42.5 Å². The van der Waals surface area contributed by atoms with Crippen molar-refractivity contribution in [3.05, 3.63) is 59.2 Å². The summed E-state index contributed by atoms with van der Waals surface area (Å²) in [6, 6.07) is 12.6. The van der Waals surface area contributed by atoms with E-state index in [4.69, 9.17) is 0 Å². The lowest BCUT2D eigenvalue weighted by molar-refractivity contribution is 0.0697. The summed E-state index contributed by atoms with van der Waals surface area (Å²) in [7, 11) is 1.74. The molecule has 4 nitrogen and oxygen atoms in total. The summed E-state index contributed by atoms with van der Waals surface area (Å²) in [6.45, 7) is 10.7. The number of carboxylic acid groups (broad SMARTS) is 1. The molecule has 0 radical (unpaired) electrons. The minimum absolute atomic E-state index is 0.120. The highest BCUT2D eigenvalue weighted by atomic mass is 16.4. The van der Waals surface area contributed by atoms with Crippen molar-refractivity contribution in [1.29, 1.82) is 0 Å². The minimum atomic E-state index is -1.04. The summed E-state index contributed by atoms with van der Waals surface area (Å²) < 4.78 is 0. The molecule has 0 unspecified atom stereocenters. The number of carboxylic acids is 1. The van der Waals surface area contributed by atoms with Crippen LogP contribution in [0.5, 0.6) is 0 Å². The fraction of sp³-hybridized carbons (Fsp3) is 0.364. The van der Waals surface area contributed by atoms with Crippen LogP contribution < -0.4 is 0 Å². The molecule has 26 heavy (non-hydrogen) atoms. The molecule has 1 amide bonds. The molecule has 0 aromatic heterocycles. The maximum atomic E-state index is 12.6. The van der Waals surface area contributed by atoms with Gasteiger partial charge in [0, 0.05) is 19.2 Å². The van der Waals surface area contributed by atoms with Gasteiger partial charge in [0.1, 0.15) is 0 Å². The second-order valence-corrected chi connectivity index (χ2v) is 6.55. The van der Waals surface area contributed by atoms with Crippen molar-refractivity contribution >= 4 is 11.9 Å². The summed E-state index contributed by atoms with van der Waals surface area (Å²) in [4.78, 5) is 25.7. The molecule has 2 aromatic carbocycles. The van der Waals surface area contributed by atoms with Crippen molar-refractivity contribution in [2.75, 3.05) is 13.6 Å². The molecule has 140 valence electrons. The van der Waals surface area contributed by atoms with E-state index >= 15 is 0 Å². The molecule has 2 aromatic rings. The van der Waals surface area contributed by atoms with Gasteiger partial charge in [0.15, 0.2) is 0 Å². The van der Waals surface area contributed by atoms with Gasteiger partial charge in [0.05, 0.1) is 5.56 Å². The third kappa shape index (κ3) is 5.73. The predicted octanol–water partition coefficient (Wildman–Crippen LogP) is 5.11. The van der Waals surface area contributed by atoms with Gasteiger partial charge in [-0.05, 0) is 42.2 Å². The average molecular weight is 355 g/mol. The van der Waals surface area contributed by atoms with Crippen LogP contribution in [-0.2, 0) is 0 Å². The predicted molar refractivity (Wildman–Crippen MR) is 107 cm³/mol. The Morgan fingerprint density at radius 1 is 0.962 bits per heavy atom. The first-order chi connectivity index (χ1) is 12.3. The lowest BCUT2D eigenvalue weighted by Gasteiger charge is -2.20. The Kier molecular flexibility index (Phi) is 8.04. The Labute approximate surface area is 156 Å². The van der Waals surface area contributed by atoms with Gasteiger partial charge in [0.25, 0.3) is 5.91 Å². The number of benzene rings is 2. The molecule has 0 aliphatic rings. The Morgan fingerprint density at radius 3 is 2.00 bits per heavy atom. The zero-order valence-corrected chi connectivity index (χ0v) is 16.5. The van der Waals surface area contributed by atoms with Crippen LogP contribution in [0.2, 0.25) is 0 Å². The summed E-state index contributed by atoms with van der Waals surface area (Å²) in [5.41, 5.74) is 3.27.